The summed E-state index contributed by atoms with van der Waals surface area (Å²) in [6.45, 7) is 0.666. The molecule has 1 unspecified atom stereocenters. The van der Waals surface area contributed by atoms with Gasteiger partial charge in [-0.3, -0.25) is 0 Å². The third-order valence-corrected chi connectivity index (χ3v) is 3.49. The topological polar surface area (TPSA) is 22.4 Å². The predicted octanol–water partition coefficient (Wildman–Crippen LogP) is 3.96. The van der Waals surface area contributed by atoms with Crippen molar-refractivity contribution < 1.29 is 9.15 Å². The van der Waals surface area contributed by atoms with Gasteiger partial charge in [0.1, 0.15) is 23.7 Å². The zero-order valence-corrected chi connectivity index (χ0v) is 9.80. The van der Waals surface area contributed by atoms with Crippen molar-refractivity contribution in [2.24, 2.45) is 0 Å². The molecule has 88 valence electrons. The minimum Gasteiger partial charge on any atom is -0.492 e. The first-order valence-corrected chi connectivity index (χ1v) is 6.12. The lowest BCUT2D eigenvalue weighted by Crippen LogP contribution is -2.00. The average Bonchev–Trinajstić information content (AvgIpc) is 3.02. The van der Waals surface area contributed by atoms with Gasteiger partial charge in [0.05, 0.1) is 5.92 Å². The number of furan rings is 1. The van der Waals surface area contributed by atoms with Crippen molar-refractivity contribution in [3.8, 4) is 5.75 Å². The largest absolute Gasteiger partial charge is 0.492 e. The lowest BCUT2D eigenvalue weighted by molar-refractivity contribution is 0.330. The summed E-state index contributed by atoms with van der Waals surface area (Å²) in [7, 11) is 0. The molecule has 1 aliphatic heterocycles. The maximum absolute atomic E-state index is 5.93. The van der Waals surface area contributed by atoms with Gasteiger partial charge in [-0.05, 0) is 18.2 Å². The van der Waals surface area contributed by atoms with Crippen LogP contribution in [0.25, 0.3) is 11.0 Å². The van der Waals surface area contributed by atoms with Crippen LogP contribution in [-0.4, -0.2) is 6.61 Å². The molecule has 0 aliphatic carbocycles. The van der Waals surface area contributed by atoms with E-state index in [9.17, 15) is 0 Å². The molecule has 0 spiro atoms. The number of hydrogen-bond acceptors (Lipinski definition) is 2. The second-order valence-corrected chi connectivity index (χ2v) is 4.59. The molecule has 2 aromatic carbocycles. The first-order valence-electron chi connectivity index (χ1n) is 6.12. The monoisotopic (exact) mass is 236 g/mol. The summed E-state index contributed by atoms with van der Waals surface area (Å²) in [6, 6.07) is 18.4. The Kier molecular flexibility index (Phi) is 1.97. The molecule has 1 aromatic heterocycles. The van der Waals surface area contributed by atoms with Crippen LogP contribution in [0.3, 0.4) is 0 Å². The molecule has 2 heterocycles. The molecule has 0 bridgehead atoms. The minimum absolute atomic E-state index is 0.216. The van der Waals surface area contributed by atoms with Crippen LogP contribution < -0.4 is 4.74 Å². The first kappa shape index (κ1) is 9.77. The Hall–Kier alpha value is -2.22. The summed E-state index contributed by atoms with van der Waals surface area (Å²) in [5.41, 5.74) is 2.16. The molecule has 4 rings (SSSR count). The van der Waals surface area contributed by atoms with Gasteiger partial charge in [0.25, 0.3) is 0 Å². The van der Waals surface area contributed by atoms with Gasteiger partial charge in [0.2, 0.25) is 0 Å². The zero-order valence-electron chi connectivity index (χ0n) is 9.80. The van der Waals surface area contributed by atoms with Gasteiger partial charge in [-0.25, -0.2) is 0 Å². The van der Waals surface area contributed by atoms with Gasteiger partial charge in [0, 0.05) is 10.9 Å². The molecule has 0 saturated carbocycles. The van der Waals surface area contributed by atoms with Crippen molar-refractivity contribution in [2.45, 2.75) is 5.92 Å². The summed E-state index contributed by atoms with van der Waals surface area (Å²) < 4.78 is 11.6. The smallest absolute Gasteiger partial charge is 0.134 e. The first-order chi connectivity index (χ1) is 8.92. The highest BCUT2D eigenvalue weighted by molar-refractivity contribution is 5.78. The molecule has 0 amide bonds. The maximum Gasteiger partial charge on any atom is 0.134 e. The van der Waals surface area contributed by atoms with Crippen molar-refractivity contribution in [3.05, 3.63) is 65.9 Å². The third-order valence-electron chi connectivity index (χ3n) is 3.49. The van der Waals surface area contributed by atoms with Crippen LogP contribution in [0, 0.1) is 0 Å². The summed E-state index contributed by atoms with van der Waals surface area (Å²) in [4.78, 5) is 0. The van der Waals surface area contributed by atoms with E-state index in [0.717, 1.165) is 22.5 Å². The van der Waals surface area contributed by atoms with Crippen LogP contribution in [0.2, 0.25) is 0 Å². The molecule has 3 aromatic rings. The fourth-order valence-corrected chi connectivity index (χ4v) is 2.57. The maximum atomic E-state index is 5.93. The van der Waals surface area contributed by atoms with E-state index in [4.69, 9.17) is 9.15 Å². The molecule has 1 aliphatic rings. The van der Waals surface area contributed by atoms with Gasteiger partial charge in [-0.2, -0.15) is 0 Å². The Morgan fingerprint density at radius 3 is 2.72 bits per heavy atom. The second kappa shape index (κ2) is 3.64. The van der Waals surface area contributed by atoms with Gasteiger partial charge in [0.15, 0.2) is 0 Å². The highest BCUT2D eigenvalue weighted by atomic mass is 16.5. The Bertz CT molecular complexity index is 679. The van der Waals surface area contributed by atoms with Crippen LogP contribution in [-0.2, 0) is 0 Å². The van der Waals surface area contributed by atoms with Gasteiger partial charge in [-0.1, -0.05) is 36.4 Å². The van der Waals surface area contributed by atoms with Crippen molar-refractivity contribution in [1.29, 1.82) is 0 Å². The van der Waals surface area contributed by atoms with Crippen LogP contribution in [0.15, 0.2) is 59.0 Å². The summed E-state index contributed by atoms with van der Waals surface area (Å²) in [5.74, 6) is 2.18. The fourth-order valence-electron chi connectivity index (χ4n) is 2.57. The number of fused-ring (bicyclic) bond motifs is 2. The fraction of sp³-hybridized carbons (Fsp3) is 0.125. The number of ether oxygens (including phenoxy) is 1. The standard InChI is InChI=1S/C16H12O2/c1-3-7-14-11(5-1)9-16(18-14)13-10-17-15-8-4-2-6-12(13)15/h1-9,13H,10H2. The molecular formula is C16H12O2. The summed E-state index contributed by atoms with van der Waals surface area (Å²) in [5, 5.41) is 1.15. The third kappa shape index (κ3) is 1.35. The Labute approximate surface area is 105 Å². The molecule has 0 radical (unpaired) electrons. The second-order valence-electron chi connectivity index (χ2n) is 4.59. The van der Waals surface area contributed by atoms with Crippen LogP contribution >= 0.6 is 0 Å². The Morgan fingerprint density at radius 2 is 1.78 bits per heavy atom. The highest BCUT2D eigenvalue weighted by Gasteiger charge is 2.27. The number of hydrogen-bond donors (Lipinski definition) is 0. The van der Waals surface area contributed by atoms with Gasteiger partial charge in [-0.15, -0.1) is 0 Å². The van der Waals surface area contributed by atoms with E-state index in [-0.39, 0.29) is 5.92 Å². The zero-order chi connectivity index (χ0) is 11.9. The van der Waals surface area contributed by atoms with E-state index in [1.807, 2.05) is 36.4 Å². The Balaban J connectivity index is 1.85. The van der Waals surface area contributed by atoms with E-state index < -0.39 is 0 Å². The molecule has 18 heavy (non-hydrogen) atoms. The van der Waals surface area contributed by atoms with Crippen LogP contribution in [0.5, 0.6) is 5.75 Å². The molecule has 2 heteroatoms. The van der Waals surface area contributed by atoms with E-state index in [0.29, 0.717) is 6.61 Å². The van der Waals surface area contributed by atoms with Crippen molar-refractivity contribution in [1.82, 2.24) is 0 Å². The van der Waals surface area contributed by atoms with Gasteiger partial charge >= 0.3 is 0 Å². The highest BCUT2D eigenvalue weighted by Crippen LogP contribution is 2.39. The number of para-hydroxylation sites is 2. The predicted molar refractivity (Wildman–Crippen MR) is 70.0 cm³/mol. The Morgan fingerprint density at radius 1 is 0.944 bits per heavy atom. The molecule has 2 nitrogen and oxygen atoms in total. The number of rotatable bonds is 1. The quantitative estimate of drug-likeness (QED) is 0.638. The van der Waals surface area contributed by atoms with E-state index in [2.05, 4.69) is 18.2 Å². The summed E-state index contributed by atoms with van der Waals surface area (Å²) in [6.07, 6.45) is 0. The SMILES string of the molecule is c1ccc2c(c1)OCC2c1cc2ccccc2o1. The van der Waals surface area contributed by atoms with Crippen LogP contribution in [0.4, 0.5) is 0 Å². The molecular weight excluding hydrogens is 224 g/mol. The average molecular weight is 236 g/mol. The van der Waals surface area contributed by atoms with E-state index in [1.54, 1.807) is 0 Å². The van der Waals surface area contributed by atoms with Crippen molar-refractivity contribution in [2.75, 3.05) is 6.61 Å². The summed E-state index contributed by atoms with van der Waals surface area (Å²) >= 11 is 0. The van der Waals surface area contributed by atoms with Crippen molar-refractivity contribution in [3.63, 3.8) is 0 Å². The normalized spacial score (nSPS) is 17.7. The number of benzene rings is 2. The molecule has 0 fully saturated rings. The van der Waals surface area contributed by atoms with Crippen LogP contribution in [0.1, 0.15) is 17.2 Å². The molecule has 1 atom stereocenters. The van der Waals surface area contributed by atoms with E-state index in [1.165, 1.54) is 5.56 Å². The minimum atomic E-state index is 0.216. The molecule has 0 saturated heterocycles. The van der Waals surface area contributed by atoms with E-state index >= 15 is 0 Å². The molecule has 0 N–H and O–H groups in total. The lowest BCUT2D eigenvalue weighted by Gasteiger charge is -2.03. The van der Waals surface area contributed by atoms with Crippen molar-refractivity contribution >= 4 is 11.0 Å². The van der Waals surface area contributed by atoms with Gasteiger partial charge < -0.3 is 9.15 Å². The lowest BCUT2D eigenvalue weighted by atomic mass is 9.99.